The minimum absolute atomic E-state index is 0.0238. The predicted octanol–water partition coefficient (Wildman–Crippen LogP) is 2.41. The Bertz CT molecular complexity index is 576. The van der Waals surface area contributed by atoms with Crippen molar-refractivity contribution in [2.24, 2.45) is 0 Å². The number of hydrogen-bond donors (Lipinski definition) is 2. The van der Waals surface area contributed by atoms with Gasteiger partial charge in [0.2, 0.25) is 0 Å². The molecule has 3 N–H and O–H groups in total. The number of nitrogens with zero attached hydrogens (tertiary/aromatic N) is 1. The van der Waals surface area contributed by atoms with Crippen LogP contribution >= 0.6 is 0 Å². The summed E-state index contributed by atoms with van der Waals surface area (Å²) in [6.07, 6.45) is 2.78. The standard InChI is InChI=1S/C14H17N3O/c1-14(6-8-18-9-14)17-12-5-4-11-10(13(12)15)3-2-7-16-11/h2-5,7,17H,6,8-9,15H2,1H3. The molecule has 0 bridgehead atoms. The third-order valence-electron chi connectivity index (χ3n) is 3.48. The summed E-state index contributed by atoms with van der Waals surface area (Å²) in [4.78, 5) is 4.30. The summed E-state index contributed by atoms with van der Waals surface area (Å²) < 4.78 is 5.44. The maximum Gasteiger partial charge on any atom is 0.0724 e. The number of hydrogen-bond acceptors (Lipinski definition) is 4. The van der Waals surface area contributed by atoms with Gasteiger partial charge in [0.25, 0.3) is 0 Å². The second-order valence-electron chi connectivity index (χ2n) is 5.09. The monoisotopic (exact) mass is 243 g/mol. The Morgan fingerprint density at radius 3 is 3.06 bits per heavy atom. The highest BCUT2D eigenvalue weighted by molar-refractivity contribution is 5.96. The van der Waals surface area contributed by atoms with E-state index in [2.05, 4.69) is 17.2 Å². The van der Waals surface area contributed by atoms with E-state index in [4.69, 9.17) is 10.5 Å². The minimum atomic E-state index is -0.0238. The van der Waals surface area contributed by atoms with E-state index in [1.807, 2.05) is 24.3 Å². The summed E-state index contributed by atoms with van der Waals surface area (Å²) in [5, 5.41) is 4.49. The van der Waals surface area contributed by atoms with Gasteiger partial charge >= 0.3 is 0 Å². The van der Waals surface area contributed by atoms with E-state index in [9.17, 15) is 0 Å². The predicted molar refractivity (Wildman–Crippen MR) is 73.6 cm³/mol. The molecule has 1 unspecified atom stereocenters. The molecule has 1 atom stereocenters. The molecule has 0 aliphatic carbocycles. The summed E-state index contributed by atoms with van der Waals surface area (Å²) in [6.45, 7) is 3.68. The molecular weight excluding hydrogens is 226 g/mol. The van der Waals surface area contributed by atoms with Crippen molar-refractivity contribution in [1.29, 1.82) is 0 Å². The fourth-order valence-electron chi connectivity index (χ4n) is 2.37. The van der Waals surface area contributed by atoms with Gasteiger partial charge in [-0.3, -0.25) is 4.98 Å². The summed E-state index contributed by atoms with van der Waals surface area (Å²) >= 11 is 0. The van der Waals surface area contributed by atoms with Crippen LogP contribution in [-0.2, 0) is 4.74 Å². The van der Waals surface area contributed by atoms with Gasteiger partial charge in [0, 0.05) is 18.2 Å². The highest BCUT2D eigenvalue weighted by Crippen LogP contribution is 2.31. The van der Waals surface area contributed by atoms with Crippen LogP contribution in [0, 0.1) is 0 Å². The fourth-order valence-corrected chi connectivity index (χ4v) is 2.37. The van der Waals surface area contributed by atoms with Crippen LogP contribution in [0.15, 0.2) is 30.5 Å². The lowest BCUT2D eigenvalue weighted by molar-refractivity contribution is 0.185. The van der Waals surface area contributed by atoms with Gasteiger partial charge in [-0.25, -0.2) is 0 Å². The topological polar surface area (TPSA) is 60.2 Å². The van der Waals surface area contributed by atoms with Crippen LogP contribution < -0.4 is 11.1 Å². The number of aromatic nitrogens is 1. The number of anilines is 2. The lowest BCUT2D eigenvalue weighted by Crippen LogP contribution is -2.35. The minimum Gasteiger partial charge on any atom is -0.397 e. The van der Waals surface area contributed by atoms with Crippen LogP contribution in [-0.4, -0.2) is 23.7 Å². The summed E-state index contributed by atoms with van der Waals surface area (Å²) in [5.74, 6) is 0. The van der Waals surface area contributed by atoms with Gasteiger partial charge < -0.3 is 15.8 Å². The molecule has 1 saturated heterocycles. The normalized spacial score (nSPS) is 23.4. The third-order valence-corrected chi connectivity index (χ3v) is 3.48. The number of fused-ring (bicyclic) bond motifs is 1. The molecule has 4 heteroatoms. The quantitative estimate of drug-likeness (QED) is 0.795. The molecule has 1 aromatic carbocycles. The first kappa shape index (κ1) is 11.3. The van der Waals surface area contributed by atoms with E-state index in [-0.39, 0.29) is 5.54 Å². The molecule has 2 heterocycles. The number of nitrogen functional groups attached to an aromatic ring is 1. The van der Waals surface area contributed by atoms with E-state index in [0.717, 1.165) is 41.9 Å². The molecule has 1 aromatic heterocycles. The molecule has 18 heavy (non-hydrogen) atoms. The molecule has 1 fully saturated rings. The van der Waals surface area contributed by atoms with Crippen molar-refractivity contribution in [3.63, 3.8) is 0 Å². The maximum atomic E-state index is 6.21. The average molecular weight is 243 g/mol. The highest BCUT2D eigenvalue weighted by atomic mass is 16.5. The molecule has 2 aromatic rings. The summed E-state index contributed by atoms with van der Waals surface area (Å²) in [6, 6.07) is 7.89. The molecule has 0 spiro atoms. The lowest BCUT2D eigenvalue weighted by Gasteiger charge is -2.26. The Morgan fingerprint density at radius 2 is 2.28 bits per heavy atom. The first-order valence-electron chi connectivity index (χ1n) is 6.17. The Kier molecular flexibility index (Phi) is 2.59. The fraction of sp³-hybridized carbons (Fsp3) is 0.357. The largest absolute Gasteiger partial charge is 0.397 e. The number of nitrogens with two attached hydrogens (primary N) is 1. The number of nitrogens with one attached hydrogen (secondary N) is 1. The molecule has 0 amide bonds. The molecule has 4 nitrogen and oxygen atoms in total. The molecule has 3 rings (SSSR count). The molecule has 1 aliphatic rings. The summed E-state index contributed by atoms with van der Waals surface area (Å²) in [5.41, 5.74) is 8.83. The van der Waals surface area contributed by atoms with Crippen LogP contribution in [0.2, 0.25) is 0 Å². The number of benzene rings is 1. The molecular formula is C14H17N3O. The molecule has 94 valence electrons. The third kappa shape index (κ3) is 1.88. The second-order valence-corrected chi connectivity index (χ2v) is 5.09. The van der Waals surface area contributed by atoms with Gasteiger partial charge in [0.15, 0.2) is 0 Å². The van der Waals surface area contributed by atoms with Gasteiger partial charge in [-0.1, -0.05) is 0 Å². The van der Waals surface area contributed by atoms with Gasteiger partial charge in [-0.15, -0.1) is 0 Å². The summed E-state index contributed by atoms with van der Waals surface area (Å²) in [7, 11) is 0. The molecule has 0 radical (unpaired) electrons. The maximum absolute atomic E-state index is 6.21. The van der Waals surface area contributed by atoms with Gasteiger partial charge in [0.1, 0.15) is 0 Å². The van der Waals surface area contributed by atoms with Crippen molar-refractivity contribution in [3.8, 4) is 0 Å². The Labute approximate surface area is 106 Å². The van der Waals surface area contributed by atoms with E-state index in [1.165, 1.54) is 0 Å². The van der Waals surface area contributed by atoms with Crippen molar-refractivity contribution in [2.75, 3.05) is 24.3 Å². The van der Waals surface area contributed by atoms with Crippen LogP contribution in [0.3, 0.4) is 0 Å². The zero-order valence-corrected chi connectivity index (χ0v) is 10.4. The zero-order valence-electron chi connectivity index (χ0n) is 10.4. The van der Waals surface area contributed by atoms with Crippen LogP contribution in [0.4, 0.5) is 11.4 Å². The Balaban J connectivity index is 1.99. The molecule has 0 saturated carbocycles. The smallest absolute Gasteiger partial charge is 0.0724 e. The van der Waals surface area contributed by atoms with Crippen LogP contribution in [0.5, 0.6) is 0 Å². The van der Waals surface area contributed by atoms with Crippen molar-refractivity contribution in [2.45, 2.75) is 18.9 Å². The van der Waals surface area contributed by atoms with E-state index in [0.29, 0.717) is 0 Å². The first-order chi connectivity index (χ1) is 8.68. The lowest BCUT2D eigenvalue weighted by atomic mass is 10.0. The van der Waals surface area contributed by atoms with Crippen molar-refractivity contribution >= 4 is 22.3 Å². The van der Waals surface area contributed by atoms with Gasteiger partial charge in [-0.2, -0.15) is 0 Å². The van der Waals surface area contributed by atoms with Crippen molar-refractivity contribution < 1.29 is 4.74 Å². The van der Waals surface area contributed by atoms with E-state index < -0.39 is 0 Å². The zero-order chi connectivity index (χ0) is 12.6. The second kappa shape index (κ2) is 4.14. The number of ether oxygens (including phenoxy) is 1. The van der Waals surface area contributed by atoms with E-state index in [1.54, 1.807) is 6.20 Å². The molecule has 1 aliphatic heterocycles. The Hall–Kier alpha value is -1.81. The van der Waals surface area contributed by atoms with Crippen LogP contribution in [0.1, 0.15) is 13.3 Å². The number of pyridine rings is 1. The Morgan fingerprint density at radius 1 is 1.39 bits per heavy atom. The highest BCUT2D eigenvalue weighted by Gasteiger charge is 2.29. The van der Waals surface area contributed by atoms with Gasteiger partial charge in [-0.05, 0) is 37.6 Å². The first-order valence-corrected chi connectivity index (χ1v) is 6.17. The van der Waals surface area contributed by atoms with Crippen molar-refractivity contribution in [3.05, 3.63) is 30.5 Å². The number of rotatable bonds is 2. The van der Waals surface area contributed by atoms with Crippen molar-refractivity contribution in [1.82, 2.24) is 4.98 Å². The average Bonchev–Trinajstić information content (AvgIpc) is 2.80. The van der Waals surface area contributed by atoms with Crippen LogP contribution in [0.25, 0.3) is 10.9 Å². The SMILES string of the molecule is CC1(Nc2ccc3ncccc3c2N)CCOC1. The van der Waals surface area contributed by atoms with Gasteiger partial charge in [0.05, 0.1) is 29.0 Å². The van der Waals surface area contributed by atoms with E-state index >= 15 is 0 Å².